The number of carbonyl (C=O) groups is 1. The van der Waals surface area contributed by atoms with E-state index in [0.717, 1.165) is 0 Å². The van der Waals surface area contributed by atoms with E-state index in [2.05, 4.69) is 12.8 Å². The van der Waals surface area contributed by atoms with Gasteiger partial charge in [0.2, 0.25) is 0 Å². The number of nitrogens with one attached hydrogen (secondary N) is 1. The van der Waals surface area contributed by atoms with Gasteiger partial charge in [0.05, 0.1) is 0 Å². The van der Waals surface area contributed by atoms with Crippen LogP contribution in [-0.4, -0.2) is 14.4 Å². The van der Waals surface area contributed by atoms with Crippen molar-refractivity contribution in [3.63, 3.8) is 0 Å². The molecule has 1 atom stereocenters. The third-order valence-corrected chi connectivity index (χ3v) is 4.22. The molecule has 1 aromatic carbocycles. The molecule has 1 fully saturated rings. The van der Waals surface area contributed by atoms with Crippen LogP contribution in [0.2, 0.25) is 0 Å². The van der Waals surface area contributed by atoms with Gasteiger partial charge in [-0.05, 0) is 18.1 Å². The number of rotatable bonds is 1. The first-order valence-electron chi connectivity index (χ1n) is 4.76. The minimum atomic E-state index is -4.27. The SMILES string of the molecule is CC1(c2ccccc2)SOS(=O)(=O)ONOC1=O. The van der Waals surface area contributed by atoms with E-state index in [4.69, 9.17) is 0 Å². The molecule has 0 amide bonds. The van der Waals surface area contributed by atoms with Crippen LogP contribution in [0.5, 0.6) is 0 Å². The minimum absolute atomic E-state index is 0.440. The fourth-order valence-corrected chi connectivity index (χ4v) is 2.72. The van der Waals surface area contributed by atoms with Crippen molar-refractivity contribution in [2.45, 2.75) is 11.7 Å². The number of benzene rings is 1. The van der Waals surface area contributed by atoms with Gasteiger partial charge in [-0.15, -0.1) is 4.28 Å². The molecule has 1 aliphatic rings. The molecular weight excluding hydrogens is 282 g/mol. The maximum Gasteiger partial charge on any atom is 0.429 e. The smallest absolute Gasteiger partial charge is 0.342 e. The summed E-state index contributed by atoms with van der Waals surface area (Å²) in [5.74, 6) is -0.742. The predicted molar refractivity (Wildman–Crippen MR) is 61.7 cm³/mol. The molecule has 9 heteroatoms. The molecule has 1 unspecified atom stereocenters. The Bertz CT molecular complexity index is 545. The monoisotopic (exact) mass is 291 g/mol. The van der Waals surface area contributed by atoms with Crippen molar-refractivity contribution in [2.24, 2.45) is 0 Å². The molecule has 0 bridgehead atoms. The third-order valence-electron chi connectivity index (χ3n) is 2.27. The lowest BCUT2D eigenvalue weighted by Crippen LogP contribution is -2.39. The molecule has 1 saturated heterocycles. The van der Waals surface area contributed by atoms with Crippen LogP contribution >= 0.6 is 12.0 Å². The van der Waals surface area contributed by atoms with Crippen LogP contribution in [0.4, 0.5) is 0 Å². The molecule has 1 aliphatic heterocycles. The van der Waals surface area contributed by atoms with Gasteiger partial charge >= 0.3 is 16.4 Å². The first kappa shape index (κ1) is 13.3. The number of hydrogen-bond donors (Lipinski definition) is 1. The summed E-state index contributed by atoms with van der Waals surface area (Å²) >= 11 is 0.440. The predicted octanol–water partition coefficient (Wildman–Crippen LogP) is 0.804. The summed E-state index contributed by atoms with van der Waals surface area (Å²) in [7, 11) is -4.27. The fourth-order valence-electron chi connectivity index (χ4n) is 1.27. The second-order valence-electron chi connectivity index (χ2n) is 3.52. The second kappa shape index (κ2) is 4.86. The standard InChI is InChI=1S/C9H9NO6S2/c1-9(7-5-3-2-4-6-7)8(11)14-10-15-18(12,13)16-17-9/h2-6,10H,1H3. The Balaban J connectivity index is 2.36. The van der Waals surface area contributed by atoms with Crippen LogP contribution in [0.1, 0.15) is 12.5 Å². The third kappa shape index (κ3) is 2.65. The van der Waals surface area contributed by atoms with Gasteiger partial charge < -0.3 is 4.84 Å². The Morgan fingerprint density at radius 1 is 1.28 bits per heavy atom. The van der Waals surface area contributed by atoms with Crippen LogP contribution < -0.4 is 5.64 Å². The lowest BCUT2D eigenvalue weighted by molar-refractivity contribution is -0.174. The van der Waals surface area contributed by atoms with Gasteiger partial charge in [-0.1, -0.05) is 30.3 Å². The van der Waals surface area contributed by atoms with Gasteiger partial charge in [-0.2, -0.15) is 12.0 Å². The zero-order valence-electron chi connectivity index (χ0n) is 9.15. The Morgan fingerprint density at radius 3 is 2.61 bits per heavy atom. The maximum atomic E-state index is 11.8. The molecule has 18 heavy (non-hydrogen) atoms. The number of hydrogen-bond acceptors (Lipinski definition) is 8. The van der Waals surface area contributed by atoms with E-state index >= 15 is 0 Å². The summed E-state index contributed by atoms with van der Waals surface area (Å²) in [6.07, 6.45) is 0. The highest BCUT2D eigenvalue weighted by molar-refractivity contribution is 8.04. The van der Waals surface area contributed by atoms with Crippen molar-refractivity contribution in [1.82, 2.24) is 5.64 Å². The normalized spacial score (nSPS) is 27.9. The molecule has 0 aliphatic carbocycles. The van der Waals surface area contributed by atoms with Crippen molar-refractivity contribution in [1.29, 1.82) is 0 Å². The summed E-state index contributed by atoms with van der Waals surface area (Å²) < 4.78 is 29.5. The average molecular weight is 291 g/mol. The lowest BCUT2D eigenvalue weighted by atomic mass is 10.0. The van der Waals surface area contributed by atoms with Crippen LogP contribution in [0.25, 0.3) is 0 Å². The largest absolute Gasteiger partial charge is 0.429 e. The van der Waals surface area contributed by atoms with Gasteiger partial charge in [0.25, 0.3) is 0 Å². The molecule has 1 N–H and O–H groups in total. The first-order valence-corrected chi connectivity index (χ1v) is 6.84. The molecule has 0 spiro atoms. The Kier molecular flexibility index (Phi) is 3.59. The lowest BCUT2D eigenvalue weighted by Gasteiger charge is -2.26. The summed E-state index contributed by atoms with van der Waals surface area (Å²) in [5.41, 5.74) is 2.12. The van der Waals surface area contributed by atoms with Crippen molar-refractivity contribution in [2.75, 3.05) is 0 Å². The Hall–Kier alpha value is -1.13. The molecular formula is C9H9NO6S2. The summed E-state index contributed by atoms with van der Waals surface area (Å²) in [6.45, 7) is 1.48. The number of carbonyl (C=O) groups excluding carboxylic acids is 1. The van der Waals surface area contributed by atoms with Crippen LogP contribution in [-0.2, 0) is 32.7 Å². The maximum absolute atomic E-state index is 11.8. The molecule has 98 valence electrons. The fraction of sp³-hybridized carbons (Fsp3) is 0.222. The zero-order valence-corrected chi connectivity index (χ0v) is 10.8. The highest BCUT2D eigenvalue weighted by Gasteiger charge is 2.43. The van der Waals surface area contributed by atoms with Crippen molar-refractivity contribution < 1.29 is 26.0 Å². The van der Waals surface area contributed by atoms with E-state index in [1.807, 2.05) is 0 Å². The van der Waals surface area contributed by atoms with E-state index in [9.17, 15) is 13.2 Å². The minimum Gasteiger partial charge on any atom is -0.342 e. The molecule has 7 nitrogen and oxygen atoms in total. The summed E-state index contributed by atoms with van der Waals surface area (Å²) in [6, 6.07) is 8.52. The van der Waals surface area contributed by atoms with Crippen LogP contribution in [0, 0.1) is 0 Å². The van der Waals surface area contributed by atoms with Crippen LogP contribution in [0.3, 0.4) is 0 Å². The molecule has 0 radical (unpaired) electrons. The van der Waals surface area contributed by atoms with E-state index in [-0.39, 0.29) is 0 Å². The highest BCUT2D eigenvalue weighted by Crippen LogP contribution is 2.39. The van der Waals surface area contributed by atoms with Gasteiger partial charge in [0.15, 0.2) is 4.75 Å². The summed E-state index contributed by atoms with van der Waals surface area (Å²) in [4.78, 5) is 16.3. The van der Waals surface area contributed by atoms with E-state index in [0.29, 0.717) is 17.6 Å². The molecule has 0 saturated carbocycles. The van der Waals surface area contributed by atoms with Crippen LogP contribution in [0.15, 0.2) is 30.3 Å². The topological polar surface area (TPSA) is 90.9 Å². The van der Waals surface area contributed by atoms with Gasteiger partial charge in [-0.25, -0.2) is 4.79 Å². The van der Waals surface area contributed by atoms with Crippen molar-refractivity contribution in [3.8, 4) is 0 Å². The zero-order chi connectivity index (χ0) is 13.2. The van der Waals surface area contributed by atoms with E-state index < -0.39 is 21.1 Å². The van der Waals surface area contributed by atoms with E-state index in [1.165, 1.54) is 6.92 Å². The van der Waals surface area contributed by atoms with E-state index in [1.54, 1.807) is 36.0 Å². The molecule has 2 rings (SSSR count). The van der Waals surface area contributed by atoms with Gasteiger partial charge in [0, 0.05) is 12.0 Å². The molecule has 1 aromatic rings. The second-order valence-corrected chi connectivity index (χ2v) is 6.03. The molecule has 0 aromatic heterocycles. The molecule has 1 heterocycles. The van der Waals surface area contributed by atoms with Gasteiger partial charge in [0.1, 0.15) is 0 Å². The Labute approximate surface area is 108 Å². The van der Waals surface area contributed by atoms with Crippen molar-refractivity contribution >= 4 is 28.4 Å². The van der Waals surface area contributed by atoms with Gasteiger partial charge in [-0.3, -0.25) is 0 Å². The first-order chi connectivity index (χ1) is 8.44. The summed E-state index contributed by atoms with van der Waals surface area (Å²) in [5, 5.41) is 0. The van der Waals surface area contributed by atoms with Crippen molar-refractivity contribution in [3.05, 3.63) is 35.9 Å². The quantitative estimate of drug-likeness (QED) is 0.760. The highest BCUT2D eigenvalue weighted by atomic mass is 32.3. The average Bonchev–Trinajstić information content (AvgIpc) is 2.36. The Morgan fingerprint density at radius 2 is 1.94 bits per heavy atom.